The minimum Gasteiger partial charge on any atom is -0.496 e. The molecule has 0 radical (unpaired) electrons. The molecule has 0 aromatic heterocycles. The van der Waals surface area contributed by atoms with Gasteiger partial charge in [0, 0.05) is 18.7 Å². The molecule has 0 aliphatic carbocycles. The molecule has 0 spiro atoms. The topological polar surface area (TPSA) is 78.1 Å². The van der Waals surface area contributed by atoms with Gasteiger partial charge >= 0.3 is 6.03 Å². The van der Waals surface area contributed by atoms with Gasteiger partial charge in [0.1, 0.15) is 5.75 Å². The summed E-state index contributed by atoms with van der Waals surface area (Å²) in [5, 5.41) is 5.59. The molecular weight excluding hydrogens is 416 g/mol. The van der Waals surface area contributed by atoms with Crippen LogP contribution in [-0.2, 0) is 6.42 Å². The van der Waals surface area contributed by atoms with Crippen molar-refractivity contribution in [2.24, 2.45) is 0 Å². The molecule has 0 saturated carbocycles. The number of urea groups is 1. The molecule has 0 heterocycles. The van der Waals surface area contributed by atoms with Crippen LogP contribution in [0.15, 0.2) is 34.8 Å². The van der Waals surface area contributed by atoms with Crippen molar-refractivity contribution in [3.05, 3.63) is 40.4 Å². The second kappa shape index (κ2) is 9.91. The van der Waals surface area contributed by atoms with E-state index in [9.17, 15) is 4.79 Å². The monoisotopic (exact) mass is 438 g/mol. The number of amides is 2. The molecule has 0 unspecified atom stereocenters. The highest BCUT2D eigenvalue weighted by molar-refractivity contribution is 9.10. The van der Waals surface area contributed by atoms with E-state index in [0.717, 1.165) is 15.8 Å². The maximum atomic E-state index is 12.2. The van der Waals surface area contributed by atoms with E-state index in [2.05, 4.69) is 26.6 Å². The molecule has 146 valence electrons. The fourth-order valence-electron chi connectivity index (χ4n) is 2.51. The van der Waals surface area contributed by atoms with Crippen molar-refractivity contribution >= 4 is 27.6 Å². The van der Waals surface area contributed by atoms with E-state index in [0.29, 0.717) is 35.9 Å². The molecule has 0 aliphatic heterocycles. The van der Waals surface area contributed by atoms with E-state index in [-0.39, 0.29) is 6.03 Å². The fourth-order valence-corrected chi connectivity index (χ4v) is 3.10. The third-order valence-corrected chi connectivity index (χ3v) is 4.46. The molecule has 2 rings (SSSR count). The van der Waals surface area contributed by atoms with Gasteiger partial charge in [-0.15, -0.1) is 0 Å². The number of halogens is 1. The van der Waals surface area contributed by atoms with E-state index in [1.807, 2.05) is 18.2 Å². The van der Waals surface area contributed by atoms with Gasteiger partial charge in [-0.05, 0) is 40.0 Å². The van der Waals surface area contributed by atoms with Gasteiger partial charge in [-0.1, -0.05) is 6.07 Å². The van der Waals surface area contributed by atoms with Crippen LogP contribution in [0.25, 0.3) is 0 Å². The Hall–Kier alpha value is -2.61. The SMILES string of the molecule is COc1ccc(CCNC(=O)Nc2cc(OC)c(OC)c(OC)c2)cc1Br. The van der Waals surface area contributed by atoms with Gasteiger partial charge in [0.05, 0.1) is 38.6 Å². The van der Waals surface area contributed by atoms with E-state index < -0.39 is 0 Å². The summed E-state index contributed by atoms with van der Waals surface area (Å²) in [7, 11) is 6.19. The second-order valence-corrected chi connectivity index (χ2v) is 6.37. The predicted octanol–water partition coefficient (Wildman–Crippen LogP) is 3.85. The van der Waals surface area contributed by atoms with Gasteiger partial charge < -0.3 is 29.6 Å². The van der Waals surface area contributed by atoms with Crippen LogP contribution in [-0.4, -0.2) is 41.0 Å². The molecule has 2 aromatic rings. The lowest BCUT2D eigenvalue weighted by atomic mass is 10.1. The van der Waals surface area contributed by atoms with Gasteiger partial charge in [0.2, 0.25) is 5.75 Å². The normalized spacial score (nSPS) is 10.1. The number of hydrogen-bond acceptors (Lipinski definition) is 5. The molecule has 7 nitrogen and oxygen atoms in total. The van der Waals surface area contributed by atoms with Crippen molar-refractivity contribution in [1.82, 2.24) is 5.32 Å². The number of carbonyl (C=O) groups excluding carboxylic acids is 1. The van der Waals surface area contributed by atoms with Crippen LogP contribution in [0, 0.1) is 0 Å². The van der Waals surface area contributed by atoms with Crippen molar-refractivity contribution < 1.29 is 23.7 Å². The van der Waals surface area contributed by atoms with Gasteiger partial charge in [0.15, 0.2) is 11.5 Å². The van der Waals surface area contributed by atoms with Crippen LogP contribution in [0.4, 0.5) is 10.5 Å². The molecule has 0 saturated heterocycles. The van der Waals surface area contributed by atoms with E-state index in [1.165, 1.54) is 21.3 Å². The summed E-state index contributed by atoms with van der Waals surface area (Å²) in [5.74, 6) is 2.17. The zero-order chi connectivity index (χ0) is 19.8. The van der Waals surface area contributed by atoms with Crippen LogP contribution in [0.2, 0.25) is 0 Å². The highest BCUT2D eigenvalue weighted by Gasteiger charge is 2.14. The highest BCUT2D eigenvalue weighted by atomic mass is 79.9. The quantitative estimate of drug-likeness (QED) is 0.654. The second-order valence-electron chi connectivity index (χ2n) is 5.51. The van der Waals surface area contributed by atoms with Crippen LogP contribution < -0.4 is 29.6 Å². The highest BCUT2D eigenvalue weighted by Crippen LogP contribution is 2.39. The van der Waals surface area contributed by atoms with E-state index >= 15 is 0 Å². The predicted molar refractivity (Wildman–Crippen MR) is 108 cm³/mol. The Balaban J connectivity index is 1.95. The number of carbonyl (C=O) groups is 1. The zero-order valence-corrected chi connectivity index (χ0v) is 17.3. The summed E-state index contributed by atoms with van der Waals surface area (Å²) in [6.07, 6.45) is 0.686. The summed E-state index contributed by atoms with van der Waals surface area (Å²) < 4.78 is 21.9. The number of benzene rings is 2. The number of methoxy groups -OCH3 is 4. The van der Waals surface area contributed by atoms with Crippen LogP contribution in [0.3, 0.4) is 0 Å². The van der Waals surface area contributed by atoms with Crippen LogP contribution in [0.1, 0.15) is 5.56 Å². The third kappa shape index (κ3) is 5.43. The molecule has 0 aliphatic rings. The minimum atomic E-state index is -0.322. The standard InChI is InChI=1S/C19H23BrN2O5/c1-24-15-6-5-12(9-14(15)20)7-8-21-19(23)22-13-10-16(25-2)18(27-4)17(11-13)26-3/h5-6,9-11H,7-8H2,1-4H3,(H2,21,22,23). The number of hydrogen-bond donors (Lipinski definition) is 2. The van der Waals surface area contributed by atoms with E-state index in [1.54, 1.807) is 19.2 Å². The summed E-state index contributed by atoms with van der Waals surface area (Å²) in [5.41, 5.74) is 1.62. The van der Waals surface area contributed by atoms with Crippen molar-refractivity contribution in [2.75, 3.05) is 40.3 Å². The Morgan fingerprint density at radius 2 is 1.56 bits per heavy atom. The molecule has 27 heavy (non-hydrogen) atoms. The Morgan fingerprint density at radius 3 is 2.07 bits per heavy atom. The first kappa shape index (κ1) is 20.7. The lowest BCUT2D eigenvalue weighted by Gasteiger charge is -2.15. The van der Waals surface area contributed by atoms with Crippen molar-refractivity contribution in [3.8, 4) is 23.0 Å². The molecule has 2 N–H and O–H groups in total. The van der Waals surface area contributed by atoms with Gasteiger partial charge in [0.25, 0.3) is 0 Å². The van der Waals surface area contributed by atoms with Crippen molar-refractivity contribution in [1.29, 1.82) is 0 Å². The summed E-state index contributed by atoms with van der Waals surface area (Å²) in [4.78, 5) is 12.2. The van der Waals surface area contributed by atoms with Gasteiger partial charge in [-0.25, -0.2) is 4.79 Å². The van der Waals surface area contributed by atoms with E-state index in [4.69, 9.17) is 18.9 Å². The first-order valence-corrected chi connectivity index (χ1v) is 8.99. The Kier molecular flexibility index (Phi) is 7.60. The first-order valence-electron chi connectivity index (χ1n) is 8.19. The largest absolute Gasteiger partial charge is 0.496 e. The fraction of sp³-hybridized carbons (Fsp3) is 0.316. The van der Waals surface area contributed by atoms with Gasteiger partial charge in [-0.2, -0.15) is 0 Å². The summed E-state index contributed by atoms with van der Waals surface area (Å²) in [6.45, 7) is 0.481. The Labute approximate surface area is 167 Å². The van der Waals surface area contributed by atoms with Crippen molar-refractivity contribution in [3.63, 3.8) is 0 Å². The Morgan fingerprint density at radius 1 is 0.926 bits per heavy atom. The molecule has 0 bridgehead atoms. The smallest absolute Gasteiger partial charge is 0.319 e. The maximum Gasteiger partial charge on any atom is 0.319 e. The number of anilines is 1. The molecule has 0 atom stereocenters. The van der Waals surface area contributed by atoms with Crippen LogP contribution >= 0.6 is 15.9 Å². The molecule has 2 amide bonds. The first-order chi connectivity index (χ1) is 13.0. The Bertz CT molecular complexity index is 773. The lowest BCUT2D eigenvalue weighted by molar-refractivity contribution is 0.252. The molecule has 8 heteroatoms. The minimum absolute atomic E-state index is 0.322. The lowest BCUT2D eigenvalue weighted by Crippen LogP contribution is -2.30. The van der Waals surface area contributed by atoms with Crippen LogP contribution in [0.5, 0.6) is 23.0 Å². The maximum absolute atomic E-state index is 12.2. The third-order valence-electron chi connectivity index (χ3n) is 3.84. The number of ether oxygens (including phenoxy) is 4. The van der Waals surface area contributed by atoms with Gasteiger partial charge in [-0.3, -0.25) is 0 Å². The number of nitrogens with one attached hydrogen (secondary N) is 2. The van der Waals surface area contributed by atoms with Crippen molar-refractivity contribution in [2.45, 2.75) is 6.42 Å². The molecular formula is C19H23BrN2O5. The molecule has 0 fully saturated rings. The molecule has 2 aromatic carbocycles. The summed E-state index contributed by atoms with van der Waals surface area (Å²) >= 11 is 3.45. The summed E-state index contributed by atoms with van der Waals surface area (Å²) in [6, 6.07) is 8.83. The number of rotatable bonds is 8. The average Bonchev–Trinajstić information content (AvgIpc) is 2.67. The average molecular weight is 439 g/mol. The zero-order valence-electron chi connectivity index (χ0n) is 15.7.